The number of nitrogens with zero attached hydrogens (tertiary/aromatic N) is 2. The molecule has 6 nitrogen and oxygen atoms in total. The minimum absolute atomic E-state index is 0.0251. The Kier molecular flexibility index (Phi) is 5.47. The number of esters is 1. The third-order valence-electron chi connectivity index (χ3n) is 4.15. The second kappa shape index (κ2) is 7.35. The van der Waals surface area contributed by atoms with Gasteiger partial charge < -0.3 is 20.3 Å². The Morgan fingerprint density at radius 2 is 1.96 bits per heavy atom. The molecular weight excluding hydrogens is 294 g/mol. The molecule has 0 aromatic heterocycles. The molecule has 1 aromatic rings. The fourth-order valence-corrected chi connectivity index (χ4v) is 2.80. The van der Waals surface area contributed by atoms with Gasteiger partial charge in [0.1, 0.15) is 0 Å². The SMILES string of the molecule is CCOC(=O)C1CCN(c2ccc(N)c(C(=O)N(C)C)c2)CC1. The first-order valence-electron chi connectivity index (χ1n) is 7.96. The molecule has 0 radical (unpaired) electrons. The quantitative estimate of drug-likeness (QED) is 0.676. The second-order valence-corrected chi connectivity index (χ2v) is 5.98. The first-order valence-corrected chi connectivity index (χ1v) is 7.96. The lowest BCUT2D eigenvalue weighted by Crippen LogP contribution is -2.37. The summed E-state index contributed by atoms with van der Waals surface area (Å²) in [6.45, 7) is 3.78. The molecule has 1 heterocycles. The monoisotopic (exact) mass is 319 g/mol. The van der Waals surface area contributed by atoms with Crippen LogP contribution >= 0.6 is 0 Å². The van der Waals surface area contributed by atoms with Crippen molar-refractivity contribution in [3.05, 3.63) is 23.8 Å². The highest BCUT2D eigenvalue weighted by molar-refractivity contribution is 5.99. The summed E-state index contributed by atoms with van der Waals surface area (Å²) in [6, 6.07) is 5.53. The maximum absolute atomic E-state index is 12.2. The van der Waals surface area contributed by atoms with Crippen LogP contribution in [0.2, 0.25) is 0 Å². The van der Waals surface area contributed by atoms with Crippen molar-refractivity contribution in [3.8, 4) is 0 Å². The predicted octanol–water partition coefficient (Wildman–Crippen LogP) is 1.75. The van der Waals surface area contributed by atoms with E-state index in [0.717, 1.165) is 31.6 Å². The summed E-state index contributed by atoms with van der Waals surface area (Å²) < 4.78 is 5.09. The van der Waals surface area contributed by atoms with Crippen LogP contribution in [0.1, 0.15) is 30.1 Å². The number of benzene rings is 1. The lowest BCUT2D eigenvalue weighted by atomic mass is 9.96. The largest absolute Gasteiger partial charge is 0.466 e. The lowest BCUT2D eigenvalue weighted by Gasteiger charge is -2.33. The Hall–Kier alpha value is -2.24. The average Bonchev–Trinajstić information content (AvgIpc) is 2.55. The van der Waals surface area contributed by atoms with Crippen LogP contribution in [0.5, 0.6) is 0 Å². The van der Waals surface area contributed by atoms with Crippen molar-refractivity contribution in [1.82, 2.24) is 4.90 Å². The third kappa shape index (κ3) is 3.94. The summed E-state index contributed by atoms with van der Waals surface area (Å²) >= 11 is 0. The molecule has 1 aliphatic rings. The van der Waals surface area contributed by atoms with Gasteiger partial charge in [-0.15, -0.1) is 0 Å². The van der Waals surface area contributed by atoms with Gasteiger partial charge in [0, 0.05) is 38.6 Å². The molecule has 126 valence electrons. The average molecular weight is 319 g/mol. The molecule has 1 aliphatic heterocycles. The van der Waals surface area contributed by atoms with Crippen molar-refractivity contribution in [3.63, 3.8) is 0 Å². The molecule has 0 unspecified atom stereocenters. The number of nitrogens with two attached hydrogens (primary N) is 1. The number of ether oxygens (including phenoxy) is 1. The standard InChI is InChI=1S/C17H25N3O3/c1-4-23-17(22)12-7-9-20(10-8-12)13-5-6-15(18)14(11-13)16(21)19(2)3/h5-6,11-12H,4,7-10,18H2,1-3H3. The van der Waals surface area contributed by atoms with Crippen LogP contribution in [0, 0.1) is 5.92 Å². The summed E-state index contributed by atoms with van der Waals surface area (Å²) in [4.78, 5) is 27.7. The summed E-state index contributed by atoms with van der Waals surface area (Å²) in [5.41, 5.74) is 7.88. The molecule has 0 saturated carbocycles. The summed E-state index contributed by atoms with van der Waals surface area (Å²) in [7, 11) is 3.42. The molecule has 0 spiro atoms. The number of carbonyl (C=O) groups is 2. The number of rotatable bonds is 4. The summed E-state index contributed by atoms with van der Waals surface area (Å²) in [5, 5.41) is 0. The minimum Gasteiger partial charge on any atom is -0.466 e. The van der Waals surface area contributed by atoms with E-state index in [1.165, 1.54) is 4.90 Å². The predicted molar refractivity (Wildman–Crippen MR) is 90.4 cm³/mol. The first kappa shape index (κ1) is 17.1. The van der Waals surface area contributed by atoms with E-state index in [1.807, 2.05) is 19.1 Å². The normalized spacial score (nSPS) is 15.3. The van der Waals surface area contributed by atoms with Crippen molar-refractivity contribution in [2.75, 3.05) is 44.4 Å². The zero-order valence-electron chi connectivity index (χ0n) is 14.0. The van der Waals surface area contributed by atoms with Crippen molar-refractivity contribution in [2.45, 2.75) is 19.8 Å². The molecule has 1 saturated heterocycles. The van der Waals surface area contributed by atoms with E-state index >= 15 is 0 Å². The van der Waals surface area contributed by atoms with Gasteiger partial charge in [-0.2, -0.15) is 0 Å². The van der Waals surface area contributed by atoms with Gasteiger partial charge in [0.25, 0.3) is 5.91 Å². The number of amides is 1. The zero-order chi connectivity index (χ0) is 17.0. The van der Waals surface area contributed by atoms with Crippen LogP contribution in [0.15, 0.2) is 18.2 Å². The van der Waals surface area contributed by atoms with Crippen LogP contribution in [0.4, 0.5) is 11.4 Å². The van der Waals surface area contributed by atoms with Gasteiger partial charge in [0.15, 0.2) is 0 Å². The van der Waals surface area contributed by atoms with E-state index in [9.17, 15) is 9.59 Å². The number of hydrogen-bond donors (Lipinski definition) is 1. The molecule has 6 heteroatoms. The fourth-order valence-electron chi connectivity index (χ4n) is 2.80. The van der Waals surface area contributed by atoms with E-state index < -0.39 is 0 Å². The summed E-state index contributed by atoms with van der Waals surface area (Å²) in [5.74, 6) is -0.235. The van der Waals surface area contributed by atoms with E-state index in [1.54, 1.807) is 20.2 Å². The Labute approximate surface area is 137 Å². The molecule has 1 aromatic carbocycles. The maximum Gasteiger partial charge on any atom is 0.309 e. The van der Waals surface area contributed by atoms with Gasteiger partial charge in [-0.3, -0.25) is 9.59 Å². The van der Waals surface area contributed by atoms with E-state index in [0.29, 0.717) is 17.9 Å². The van der Waals surface area contributed by atoms with Crippen molar-refractivity contribution < 1.29 is 14.3 Å². The maximum atomic E-state index is 12.2. The summed E-state index contributed by atoms with van der Waals surface area (Å²) in [6.07, 6.45) is 1.53. The highest BCUT2D eigenvalue weighted by Crippen LogP contribution is 2.27. The minimum atomic E-state index is -0.106. The van der Waals surface area contributed by atoms with Crippen LogP contribution in [-0.2, 0) is 9.53 Å². The van der Waals surface area contributed by atoms with Crippen LogP contribution in [0.3, 0.4) is 0 Å². The smallest absolute Gasteiger partial charge is 0.309 e. The van der Waals surface area contributed by atoms with Gasteiger partial charge in [0.2, 0.25) is 0 Å². The Morgan fingerprint density at radius 3 is 2.52 bits per heavy atom. The number of piperidine rings is 1. The first-order chi connectivity index (χ1) is 10.9. The number of carbonyl (C=O) groups excluding carboxylic acids is 2. The van der Waals surface area contributed by atoms with Gasteiger partial charge >= 0.3 is 5.97 Å². The van der Waals surface area contributed by atoms with Crippen LogP contribution in [-0.4, -0.2) is 50.6 Å². The second-order valence-electron chi connectivity index (χ2n) is 5.98. The molecule has 0 aliphatic carbocycles. The van der Waals surface area contributed by atoms with Crippen molar-refractivity contribution in [1.29, 1.82) is 0 Å². The highest BCUT2D eigenvalue weighted by Gasteiger charge is 2.26. The number of anilines is 2. The third-order valence-corrected chi connectivity index (χ3v) is 4.15. The lowest BCUT2D eigenvalue weighted by molar-refractivity contribution is -0.148. The molecule has 1 fully saturated rings. The van der Waals surface area contributed by atoms with Crippen molar-refractivity contribution >= 4 is 23.3 Å². The highest BCUT2D eigenvalue weighted by atomic mass is 16.5. The van der Waals surface area contributed by atoms with Gasteiger partial charge in [-0.1, -0.05) is 0 Å². The van der Waals surface area contributed by atoms with Crippen LogP contribution < -0.4 is 10.6 Å². The van der Waals surface area contributed by atoms with Gasteiger partial charge in [-0.05, 0) is 38.0 Å². The molecule has 1 amide bonds. The molecular formula is C17H25N3O3. The fraction of sp³-hybridized carbons (Fsp3) is 0.529. The Morgan fingerprint density at radius 1 is 1.30 bits per heavy atom. The molecule has 0 atom stereocenters. The van der Waals surface area contributed by atoms with Gasteiger partial charge in [-0.25, -0.2) is 0 Å². The van der Waals surface area contributed by atoms with E-state index in [-0.39, 0.29) is 17.8 Å². The molecule has 2 rings (SSSR count). The molecule has 2 N–H and O–H groups in total. The zero-order valence-corrected chi connectivity index (χ0v) is 14.0. The Balaban J connectivity index is 2.08. The van der Waals surface area contributed by atoms with Crippen LogP contribution in [0.25, 0.3) is 0 Å². The number of nitrogen functional groups attached to an aromatic ring is 1. The molecule has 23 heavy (non-hydrogen) atoms. The van der Waals surface area contributed by atoms with Crippen molar-refractivity contribution in [2.24, 2.45) is 5.92 Å². The van der Waals surface area contributed by atoms with Gasteiger partial charge in [0.05, 0.1) is 18.1 Å². The Bertz CT molecular complexity index is 578. The topological polar surface area (TPSA) is 75.9 Å². The van der Waals surface area contributed by atoms with E-state index in [4.69, 9.17) is 10.5 Å². The van der Waals surface area contributed by atoms with E-state index in [2.05, 4.69) is 4.90 Å². The number of hydrogen-bond acceptors (Lipinski definition) is 5. The molecule has 0 bridgehead atoms.